The molecule has 0 saturated heterocycles. The van der Waals surface area contributed by atoms with Crippen LogP contribution >= 0.6 is 0 Å². The van der Waals surface area contributed by atoms with E-state index in [1.165, 1.54) is 38.7 Å². The summed E-state index contributed by atoms with van der Waals surface area (Å²) < 4.78 is 0. The lowest BCUT2D eigenvalue weighted by molar-refractivity contribution is 0.409. The predicted octanol–water partition coefficient (Wildman–Crippen LogP) is 5.37. The molecule has 108 valence electrons. The number of hydrogen-bond donors (Lipinski definition) is 0. The third-order valence-electron chi connectivity index (χ3n) is 4.25. The van der Waals surface area contributed by atoms with Gasteiger partial charge in [0.2, 0.25) is 0 Å². The van der Waals surface area contributed by atoms with Crippen LogP contribution in [0.5, 0.6) is 0 Å². The van der Waals surface area contributed by atoms with Crippen LogP contribution in [0, 0.1) is 40.0 Å². The standard InChI is InChI=1S/C19H27N/c1-11-9-12(2)20-18-14(4)13(3)16(10-19(6,7)8)15(5)17(11)18/h9H,10H2,1-8H3. The fraction of sp³-hybridized carbons (Fsp3) is 0.526. The molecule has 0 N–H and O–H groups in total. The molecule has 0 aliphatic rings. The summed E-state index contributed by atoms with van der Waals surface area (Å²) >= 11 is 0. The first kappa shape index (κ1) is 15.0. The minimum atomic E-state index is 0.307. The molecular formula is C19H27N. The average Bonchev–Trinajstić information content (AvgIpc) is 2.30. The molecule has 0 spiro atoms. The monoisotopic (exact) mass is 269 g/mol. The zero-order valence-electron chi connectivity index (χ0n) is 14.2. The van der Waals surface area contributed by atoms with Gasteiger partial charge in [-0.2, -0.15) is 0 Å². The molecule has 1 nitrogen and oxygen atoms in total. The van der Waals surface area contributed by atoms with Crippen LogP contribution in [0.1, 0.15) is 54.3 Å². The van der Waals surface area contributed by atoms with E-state index in [9.17, 15) is 0 Å². The van der Waals surface area contributed by atoms with E-state index in [2.05, 4.69) is 61.5 Å². The van der Waals surface area contributed by atoms with E-state index < -0.39 is 0 Å². The Morgan fingerprint density at radius 1 is 0.900 bits per heavy atom. The Labute approximate surface area is 123 Å². The third kappa shape index (κ3) is 2.59. The van der Waals surface area contributed by atoms with Gasteiger partial charge in [0.15, 0.2) is 0 Å². The highest BCUT2D eigenvalue weighted by atomic mass is 14.7. The number of benzene rings is 1. The van der Waals surface area contributed by atoms with Crippen molar-refractivity contribution in [3.63, 3.8) is 0 Å². The Hall–Kier alpha value is -1.37. The summed E-state index contributed by atoms with van der Waals surface area (Å²) in [7, 11) is 0. The van der Waals surface area contributed by atoms with Crippen LogP contribution in [0.3, 0.4) is 0 Å². The normalized spacial score (nSPS) is 12.2. The van der Waals surface area contributed by atoms with E-state index in [0.29, 0.717) is 5.41 Å². The largest absolute Gasteiger partial charge is 0.253 e. The molecule has 0 bridgehead atoms. The highest BCUT2D eigenvalue weighted by molar-refractivity contribution is 5.90. The second-order valence-corrected chi connectivity index (χ2v) is 7.40. The van der Waals surface area contributed by atoms with Gasteiger partial charge in [-0.05, 0) is 80.3 Å². The first-order valence-corrected chi connectivity index (χ1v) is 7.48. The summed E-state index contributed by atoms with van der Waals surface area (Å²) in [5.41, 5.74) is 9.65. The van der Waals surface area contributed by atoms with E-state index in [1.54, 1.807) is 0 Å². The van der Waals surface area contributed by atoms with Gasteiger partial charge in [0.1, 0.15) is 0 Å². The second-order valence-electron chi connectivity index (χ2n) is 7.40. The minimum Gasteiger partial charge on any atom is -0.253 e. The van der Waals surface area contributed by atoms with Crippen molar-refractivity contribution >= 4 is 10.9 Å². The van der Waals surface area contributed by atoms with Gasteiger partial charge in [-0.3, -0.25) is 4.98 Å². The molecule has 0 aliphatic heterocycles. The Kier molecular flexibility index (Phi) is 3.66. The number of aryl methyl sites for hydroxylation is 4. The molecule has 1 aromatic carbocycles. The summed E-state index contributed by atoms with van der Waals surface area (Å²) in [6.07, 6.45) is 1.12. The molecule has 0 unspecified atom stereocenters. The van der Waals surface area contributed by atoms with Crippen molar-refractivity contribution in [1.82, 2.24) is 4.98 Å². The Morgan fingerprint density at radius 2 is 1.50 bits per heavy atom. The molecule has 1 aromatic heterocycles. The summed E-state index contributed by atoms with van der Waals surface area (Å²) in [6.45, 7) is 18.0. The van der Waals surface area contributed by atoms with Crippen molar-refractivity contribution in [2.45, 2.75) is 61.8 Å². The van der Waals surface area contributed by atoms with Crippen LogP contribution < -0.4 is 0 Å². The summed E-state index contributed by atoms with van der Waals surface area (Å²) in [4.78, 5) is 4.80. The van der Waals surface area contributed by atoms with Crippen molar-refractivity contribution in [2.75, 3.05) is 0 Å². The smallest absolute Gasteiger partial charge is 0.0742 e. The van der Waals surface area contributed by atoms with Crippen LogP contribution in [-0.2, 0) is 6.42 Å². The fourth-order valence-corrected chi connectivity index (χ4v) is 3.21. The van der Waals surface area contributed by atoms with E-state index in [1.807, 2.05) is 0 Å². The first-order chi connectivity index (χ1) is 9.11. The molecule has 2 aromatic rings. The molecule has 0 amide bonds. The van der Waals surface area contributed by atoms with Gasteiger partial charge < -0.3 is 0 Å². The molecule has 0 aliphatic carbocycles. The number of fused-ring (bicyclic) bond motifs is 1. The van der Waals surface area contributed by atoms with Gasteiger partial charge in [0.05, 0.1) is 5.52 Å². The summed E-state index contributed by atoms with van der Waals surface area (Å²) in [5, 5.41) is 1.36. The van der Waals surface area contributed by atoms with E-state index >= 15 is 0 Å². The van der Waals surface area contributed by atoms with Gasteiger partial charge in [-0.25, -0.2) is 0 Å². The molecule has 1 heteroatoms. The van der Waals surface area contributed by atoms with Crippen molar-refractivity contribution < 1.29 is 0 Å². The maximum atomic E-state index is 4.80. The van der Waals surface area contributed by atoms with Crippen molar-refractivity contribution in [2.24, 2.45) is 5.41 Å². The minimum absolute atomic E-state index is 0.307. The van der Waals surface area contributed by atoms with Gasteiger partial charge in [-0.1, -0.05) is 20.8 Å². The predicted molar refractivity (Wildman–Crippen MR) is 88.6 cm³/mol. The maximum Gasteiger partial charge on any atom is 0.0742 e. The zero-order valence-corrected chi connectivity index (χ0v) is 14.2. The number of nitrogens with zero attached hydrogens (tertiary/aromatic N) is 1. The number of pyridine rings is 1. The average molecular weight is 269 g/mol. The van der Waals surface area contributed by atoms with Crippen LogP contribution in [0.4, 0.5) is 0 Å². The SMILES string of the molecule is Cc1cc(C)c2c(C)c(CC(C)(C)C)c(C)c(C)c2n1. The van der Waals surface area contributed by atoms with Crippen LogP contribution in [0.15, 0.2) is 6.07 Å². The van der Waals surface area contributed by atoms with Gasteiger partial charge >= 0.3 is 0 Å². The molecule has 0 radical (unpaired) electrons. The van der Waals surface area contributed by atoms with Gasteiger partial charge in [0, 0.05) is 11.1 Å². The zero-order chi connectivity index (χ0) is 15.2. The number of rotatable bonds is 1. The summed E-state index contributed by atoms with van der Waals surface area (Å²) in [6, 6.07) is 2.20. The molecule has 1 heterocycles. The molecule has 0 fully saturated rings. The van der Waals surface area contributed by atoms with Crippen LogP contribution in [0.2, 0.25) is 0 Å². The Morgan fingerprint density at radius 3 is 2.05 bits per heavy atom. The quantitative estimate of drug-likeness (QED) is 0.678. The van der Waals surface area contributed by atoms with Crippen molar-refractivity contribution in [3.8, 4) is 0 Å². The lowest BCUT2D eigenvalue weighted by Gasteiger charge is -2.24. The van der Waals surface area contributed by atoms with Crippen LogP contribution in [0.25, 0.3) is 10.9 Å². The molecule has 0 saturated carbocycles. The molecule has 2 rings (SSSR count). The molecular weight excluding hydrogens is 242 g/mol. The van der Waals surface area contributed by atoms with Crippen molar-refractivity contribution in [3.05, 3.63) is 39.6 Å². The molecule has 20 heavy (non-hydrogen) atoms. The lowest BCUT2D eigenvalue weighted by atomic mass is 9.81. The second kappa shape index (κ2) is 4.87. The highest BCUT2D eigenvalue weighted by Crippen LogP contribution is 2.34. The topological polar surface area (TPSA) is 12.9 Å². The van der Waals surface area contributed by atoms with E-state index in [-0.39, 0.29) is 0 Å². The fourth-order valence-electron chi connectivity index (χ4n) is 3.21. The first-order valence-electron chi connectivity index (χ1n) is 7.48. The third-order valence-corrected chi connectivity index (χ3v) is 4.25. The number of hydrogen-bond acceptors (Lipinski definition) is 1. The Balaban J connectivity index is 2.86. The summed E-state index contributed by atoms with van der Waals surface area (Å²) in [5.74, 6) is 0. The maximum absolute atomic E-state index is 4.80. The Bertz CT molecular complexity index is 673. The van der Waals surface area contributed by atoms with Crippen LogP contribution in [-0.4, -0.2) is 4.98 Å². The molecule has 0 atom stereocenters. The number of aromatic nitrogens is 1. The highest BCUT2D eigenvalue weighted by Gasteiger charge is 2.19. The van der Waals surface area contributed by atoms with Gasteiger partial charge in [0.25, 0.3) is 0 Å². The lowest BCUT2D eigenvalue weighted by Crippen LogP contribution is -2.13. The van der Waals surface area contributed by atoms with Gasteiger partial charge in [-0.15, -0.1) is 0 Å². The van der Waals surface area contributed by atoms with E-state index in [4.69, 9.17) is 4.98 Å². The van der Waals surface area contributed by atoms with E-state index in [0.717, 1.165) is 12.1 Å². The van der Waals surface area contributed by atoms with Crippen molar-refractivity contribution in [1.29, 1.82) is 0 Å².